The topological polar surface area (TPSA) is 149 Å². The number of rotatable bonds is 6. The largest absolute Gasteiger partial charge is 0.478 e. The molecule has 0 saturated heterocycles. The van der Waals surface area contributed by atoms with Gasteiger partial charge in [-0.15, -0.1) is 0 Å². The van der Waals surface area contributed by atoms with E-state index >= 15 is 0 Å². The lowest BCUT2D eigenvalue weighted by Crippen LogP contribution is -2.13. The zero-order valence-electron chi connectivity index (χ0n) is 13.0. The number of hydrogen-bond donors (Lipinski definition) is 4. The van der Waals surface area contributed by atoms with Gasteiger partial charge in [0.25, 0.3) is 0 Å². The van der Waals surface area contributed by atoms with E-state index in [1.165, 1.54) is 30.3 Å². The lowest BCUT2D eigenvalue weighted by atomic mass is 9.94. The molecule has 0 heterocycles. The summed E-state index contributed by atoms with van der Waals surface area (Å²) in [5.41, 5.74) is -1.55. The average Bonchev–Trinajstić information content (AvgIpc) is 2.58. The van der Waals surface area contributed by atoms with Crippen molar-refractivity contribution < 1.29 is 39.6 Å². The first-order valence-corrected chi connectivity index (χ1v) is 7.10. The Morgan fingerprint density at radius 2 is 1.31 bits per heavy atom. The van der Waals surface area contributed by atoms with Gasteiger partial charge >= 0.3 is 23.9 Å². The molecule has 0 aliphatic carbocycles. The fourth-order valence-corrected chi connectivity index (χ4v) is 2.34. The molecule has 0 radical (unpaired) electrons. The monoisotopic (exact) mass is 356 g/mol. The van der Waals surface area contributed by atoms with E-state index in [0.29, 0.717) is 5.56 Å². The van der Waals surface area contributed by atoms with Crippen LogP contribution in [0, 0.1) is 0 Å². The second-order valence-electron chi connectivity index (χ2n) is 5.13. The third-order valence-electron chi connectivity index (χ3n) is 3.50. The number of benzene rings is 2. The molecule has 0 unspecified atom stereocenters. The summed E-state index contributed by atoms with van der Waals surface area (Å²) in [5, 5.41) is 36.7. The van der Waals surface area contributed by atoms with Crippen LogP contribution >= 0.6 is 0 Å². The summed E-state index contributed by atoms with van der Waals surface area (Å²) in [6, 6.07) is 7.58. The highest BCUT2D eigenvalue weighted by molar-refractivity contribution is 6.08. The summed E-state index contributed by atoms with van der Waals surface area (Å²) in [7, 11) is 0. The van der Waals surface area contributed by atoms with Crippen LogP contribution in [-0.4, -0.2) is 44.3 Å². The minimum absolute atomic E-state index is 0.0108. The van der Waals surface area contributed by atoms with E-state index < -0.39 is 40.6 Å². The average molecular weight is 356 g/mol. The molecule has 2 aromatic rings. The number of carboxylic acids is 4. The minimum atomic E-state index is -1.59. The van der Waals surface area contributed by atoms with Crippen molar-refractivity contribution in [3.05, 3.63) is 69.8 Å². The molecule has 8 heteroatoms. The molecular formula is C18H12O8. The van der Waals surface area contributed by atoms with Gasteiger partial charge in [-0.1, -0.05) is 24.3 Å². The van der Waals surface area contributed by atoms with Crippen molar-refractivity contribution in [2.45, 2.75) is 0 Å². The van der Waals surface area contributed by atoms with Gasteiger partial charge in [0.1, 0.15) is 0 Å². The van der Waals surface area contributed by atoms with Crippen LogP contribution in [0.15, 0.2) is 36.4 Å². The highest BCUT2D eigenvalue weighted by atomic mass is 16.4. The van der Waals surface area contributed by atoms with Crippen molar-refractivity contribution in [3.63, 3.8) is 0 Å². The van der Waals surface area contributed by atoms with Gasteiger partial charge in [0.05, 0.1) is 22.3 Å². The van der Waals surface area contributed by atoms with E-state index in [2.05, 4.69) is 0 Å². The fraction of sp³-hybridized carbons (Fsp3) is 0. The summed E-state index contributed by atoms with van der Waals surface area (Å²) in [6.45, 7) is 0. The summed E-state index contributed by atoms with van der Waals surface area (Å²) in [4.78, 5) is 45.1. The van der Waals surface area contributed by atoms with Crippen LogP contribution < -0.4 is 0 Å². The Labute approximate surface area is 146 Å². The maximum absolute atomic E-state index is 11.5. The Kier molecular flexibility index (Phi) is 5.17. The van der Waals surface area contributed by atoms with Gasteiger partial charge in [0.15, 0.2) is 0 Å². The van der Waals surface area contributed by atoms with Crippen LogP contribution in [0.5, 0.6) is 0 Å². The molecule has 0 saturated carbocycles. The van der Waals surface area contributed by atoms with E-state index in [9.17, 15) is 29.4 Å². The van der Waals surface area contributed by atoms with Crippen molar-refractivity contribution in [1.82, 2.24) is 0 Å². The Bertz CT molecular complexity index is 956. The predicted molar refractivity (Wildman–Crippen MR) is 89.6 cm³/mol. The Hall–Kier alpha value is -3.94. The van der Waals surface area contributed by atoms with E-state index in [0.717, 1.165) is 18.2 Å². The number of carbonyl (C=O) groups is 4. The molecule has 0 aliphatic heterocycles. The van der Waals surface area contributed by atoms with Gasteiger partial charge in [0.2, 0.25) is 0 Å². The smallest absolute Gasteiger partial charge is 0.337 e. The van der Waals surface area contributed by atoms with Gasteiger partial charge in [-0.3, -0.25) is 0 Å². The molecule has 132 valence electrons. The van der Waals surface area contributed by atoms with E-state index in [-0.39, 0.29) is 11.1 Å². The summed E-state index contributed by atoms with van der Waals surface area (Å²) in [5.74, 6) is -5.69. The second-order valence-corrected chi connectivity index (χ2v) is 5.13. The van der Waals surface area contributed by atoms with Crippen LogP contribution in [0.25, 0.3) is 12.2 Å². The summed E-state index contributed by atoms with van der Waals surface area (Å²) >= 11 is 0. The normalized spacial score (nSPS) is 10.6. The lowest BCUT2D eigenvalue weighted by Gasteiger charge is -2.09. The Morgan fingerprint density at radius 3 is 1.85 bits per heavy atom. The zero-order chi connectivity index (χ0) is 19.4. The summed E-state index contributed by atoms with van der Waals surface area (Å²) < 4.78 is 0. The SMILES string of the molecule is O=C(O)c1cccc(/C=C\c2c(C(=O)O)ccc(C(=O)O)c2C(=O)O)c1. The van der Waals surface area contributed by atoms with Crippen molar-refractivity contribution in [3.8, 4) is 0 Å². The molecule has 0 aromatic heterocycles. The highest BCUT2D eigenvalue weighted by Gasteiger charge is 2.24. The van der Waals surface area contributed by atoms with Crippen molar-refractivity contribution in [2.75, 3.05) is 0 Å². The molecule has 4 N–H and O–H groups in total. The van der Waals surface area contributed by atoms with Gasteiger partial charge in [-0.05, 0) is 29.8 Å². The first-order chi connectivity index (χ1) is 12.2. The third kappa shape index (κ3) is 3.75. The fourth-order valence-electron chi connectivity index (χ4n) is 2.34. The molecule has 0 aliphatic rings. The first kappa shape index (κ1) is 18.4. The molecular weight excluding hydrogens is 344 g/mol. The molecule has 0 amide bonds. The van der Waals surface area contributed by atoms with Crippen LogP contribution in [-0.2, 0) is 0 Å². The highest BCUT2D eigenvalue weighted by Crippen LogP contribution is 2.23. The van der Waals surface area contributed by atoms with Crippen LogP contribution in [0.3, 0.4) is 0 Å². The van der Waals surface area contributed by atoms with Crippen molar-refractivity contribution >= 4 is 36.0 Å². The van der Waals surface area contributed by atoms with E-state index in [1.807, 2.05) is 0 Å². The number of aromatic carboxylic acids is 4. The standard InChI is InChI=1S/C18H12O8/c19-15(20)10-3-1-2-9(8-10)4-5-11-12(16(21)22)6-7-13(17(23)24)14(11)18(25)26/h1-8H,(H,19,20)(H,21,22)(H,23,24)(H,25,26)/b5-4-. The third-order valence-corrected chi connectivity index (χ3v) is 3.50. The molecule has 8 nitrogen and oxygen atoms in total. The lowest BCUT2D eigenvalue weighted by molar-refractivity contribution is 0.0649. The van der Waals surface area contributed by atoms with Gasteiger partial charge in [-0.25, -0.2) is 19.2 Å². The molecule has 0 bridgehead atoms. The van der Waals surface area contributed by atoms with E-state index in [4.69, 9.17) is 10.2 Å². The van der Waals surface area contributed by atoms with Crippen molar-refractivity contribution in [1.29, 1.82) is 0 Å². The predicted octanol–water partition coefficient (Wildman–Crippen LogP) is 2.65. The van der Waals surface area contributed by atoms with E-state index in [1.54, 1.807) is 0 Å². The molecule has 2 rings (SSSR count). The molecule has 0 fully saturated rings. The van der Waals surface area contributed by atoms with Gasteiger partial charge in [0, 0.05) is 5.56 Å². The molecule has 0 atom stereocenters. The van der Waals surface area contributed by atoms with Crippen LogP contribution in [0.2, 0.25) is 0 Å². The maximum Gasteiger partial charge on any atom is 0.337 e. The number of hydrogen-bond acceptors (Lipinski definition) is 4. The first-order valence-electron chi connectivity index (χ1n) is 7.10. The second kappa shape index (κ2) is 7.31. The number of carboxylic acid groups (broad SMARTS) is 4. The quantitative estimate of drug-likeness (QED) is 0.577. The molecule has 26 heavy (non-hydrogen) atoms. The van der Waals surface area contributed by atoms with Crippen molar-refractivity contribution in [2.24, 2.45) is 0 Å². The van der Waals surface area contributed by atoms with Crippen LogP contribution in [0.1, 0.15) is 52.6 Å². The maximum atomic E-state index is 11.5. The Morgan fingerprint density at radius 1 is 0.692 bits per heavy atom. The Balaban J connectivity index is 2.66. The zero-order valence-corrected chi connectivity index (χ0v) is 13.0. The minimum Gasteiger partial charge on any atom is -0.478 e. The van der Waals surface area contributed by atoms with Gasteiger partial charge in [-0.2, -0.15) is 0 Å². The summed E-state index contributed by atoms with van der Waals surface area (Å²) in [6.07, 6.45) is 2.45. The molecule has 0 spiro atoms. The van der Waals surface area contributed by atoms with Crippen LogP contribution in [0.4, 0.5) is 0 Å². The molecule has 2 aromatic carbocycles. The van der Waals surface area contributed by atoms with Gasteiger partial charge < -0.3 is 20.4 Å².